The van der Waals surface area contributed by atoms with Crippen LogP contribution < -0.4 is 0 Å². The van der Waals surface area contributed by atoms with Crippen molar-refractivity contribution in [3.63, 3.8) is 0 Å². The zero-order valence-corrected chi connectivity index (χ0v) is 16.4. The molecule has 6 heteroatoms. The second kappa shape index (κ2) is 9.05. The molecule has 1 aromatic rings. The summed E-state index contributed by atoms with van der Waals surface area (Å²) in [6, 6.07) is 10.4. The van der Waals surface area contributed by atoms with Gasteiger partial charge in [0, 0.05) is 45.1 Å². The first-order chi connectivity index (χ1) is 13.7. The Balaban J connectivity index is 1.11. The van der Waals surface area contributed by atoms with Crippen molar-refractivity contribution in [2.24, 2.45) is 0 Å². The number of piperidine rings is 2. The zero-order chi connectivity index (χ0) is 19.3. The third-order valence-corrected chi connectivity index (χ3v) is 6.23. The molecule has 1 saturated carbocycles. The number of Topliss-reactive ketones (excluding diaryl/α,β-unsaturated/α-hetero) is 1. The van der Waals surface area contributed by atoms with Crippen LogP contribution in [0.5, 0.6) is 0 Å². The molecule has 1 aliphatic carbocycles. The number of ether oxygens (including phenoxy) is 2. The van der Waals surface area contributed by atoms with E-state index < -0.39 is 0 Å². The van der Waals surface area contributed by atoms with Gasteiger partial charge >= 0.3 is 6.09 Å². The Bertz CT molecular complexity index is 656. The van der Waals surface area contributed by atoms with E-state index in [1.54, 1.807) is 4.90 Å². The lowest BCUT2D eigenvalue weighted by molar-refractivity contribution is -0.126. The Morgan fingerprint density at radius 2 is 1.64 bits per heavy atom. The molecule has 1 aromatic carbocycles. The van der Waals surface area contributed by atoms with Crippen LogP contribution in [0.3, 0.4) is 0 Å². The van der Waals surface area contributed by atoms with E-state index in [-0.39, 0.29) is 12.2 Å². The van der Waals surface area contributed by atoms with E-state index in [9.17, 15) is 9.59 Å². The van der Waals surface area contributed by atoms with Crippen molar-refractivity contribution < 1.29 is 19.1 Å². The van der Waals surface area contributed by atoms with Gasteiger partial charge in [0.25, 0.3) is 0 Å². The van der Waals surface area contributed by atoms with Crippen molar-refractivity contribution >= 4 is 11.9 Å². The van der Waals surface area contributed by atoms with Crippen LogP contribution in [-0.2, 0) is 20.9 Å². The molecule has 0 unspecified atom stereocenters. The summed E-state index contributed by atoms with van der Waals surface area (Å²) in [5, 5.41) is 0. The van der Waals surface area contributed by atoms with Gasteiger partial charge in [-0.3, -0.25) is 9.69 Å². The summed E-state index contributed by atoms with van der Waals surface area (Å²) in [5.74, 6) is 0.400. The predicted octanol–water partition coefficient (Wildman–Crippen LogP) is 3.00. The van der Waals surface area contributed by atoms with Gasteiger partial charge in [0.1, 0.15) is 12.4 Å². The van der Waals surface area contributed by atoms with Crippen molar-refractivity contribution in [1.29, 1.82) is 0 Å². The third kappa shape index (κ3) is 4.92. The average molecular weight is 386 g/mol. The molecule has 2 aliphatic heterocycles. The molecule has 0 atom stereocenters. The lowest BCUT2D eigenvalue weighted by Gasteiger charge is -2.45. The van der Waals surface area contributed by atoms with Crippen molar-refractivity contribution in [2.45, 2.75) is 63.4 Å². The Kier molecular flexibility index (Phi) is 6.27. The highest BCUT2D eigenvalue weighted by Crippen LogP contribution is 2.32. The summed E-state index contributed by atoms with van der Waals surface area (Å²) in [6.07, 6.45) is 5.67. The lowest BCUT2D eigenvalue weighted by Crippen LogP contribution is -2.52. The largest absolute Gasteiger partial charge is 0.445 e. The number of benzene rings is 1. The normalized spacial score (nSPS) is 26.7. The summed E-state index contributed by atoms with van der Waals surface area (Å²) in [5.41, 5.74) is 1.01. The number of carbonyl (C=O) groups excluding carboxylic acids is 2. The number of nitrogens with zero attached hydrogens (tertiary/aromatic N) is 2. The summed E-state index contributed by atoms with van der Waals surface area (Å²) >= 11 is 0. The first kappa shape index (κ1) is 19.4. The molecule has 0 aromatic heterocycles. The van der Waals surface area contributed by atoms with Crippen LogP contribution in [0.1, 0.15) is 44.1 Å². The van der Waals surface area contributed by atoms with E-state index in [1.165, 1.54) is 0 Å². The molecular weight excluding hydrogens is 356 g/mol. The second-order valence-electron chi connectivity index (χ2n) is 8.18. The first-order valence-corrected chi connectivity index (χ1v) is 10.5. The molecule has 1 amide bonds. The maximum Gasteiger partial charge on any atom is 0.410 e. The average Bonchev–Trinajstić information content (AvgIpc) is 2.71. The van der Waals surface area contributed by atoms with Gasteiger partial charge in [0.15, 0.2) is 0 Å². The van der Waals surface area contributed by atoms with Gasteiger partial charge < -0.3 is 14.4 Å². The molecule has 2 heterocycles. The van der Waals surface area contributed by atoms with Crippen LogP contribution in [0.2, 0.25) is 0 Å². The summed E-state index contributed by atoms with van der Waals surface area (Å²) < 4.78 is 11.7. The standard InChI is InChI=1S/C22H30N2O4/c25-19-6-10-23(11-7-19)18-14-21(15-18)28-20-8-12-24(13-9-20)22(26)27-16-17-4-2-1-3-5-17/h1-5,18,20-21H,6-16H2. The van der Waals surface area contributed by atoms with Crippen LogP contribution in [0.4, 0.5) is 4.79 Å². The van der Waals surface area contributed by atoms with E-state index >= 15 is 0 Å². The summed E-state index contributed by atoms with van der Waals surface area (Å²) in [7, 11) is 0. The minimum absolute atomic E-state index is 0.231. The Morgan fingerprint density at radius 3 is 2.32 bits per heavy atom. The van der Waals surface area contributed by atoms with E-state index in [2.05, 4.69) is 4.90 Å². The highest BCUT2D eigenvalue weighted by Gasteiger charge is 2.37. The number of ketones is 1. The minimum Gasteiger partial charge on any atom is -0.445 e. The molecule has 6 nitrogen and oxygen atoms in total. The molecule has 152 valence electrons. The Hall–Kier alpha value is -1.92. The van der Waals surface area contributed by atoms with Gasteiger partial charge in [-0.1, -0.05) is 30.3 Å². The highest BCUT2D eigenvalue weighted by atomic mass is 16.6. The first-order valence-electron chi connectivity index (χ1n) is 10.5. The van der Waals surface area contributed by atoms with Gasteiger partial charge in [-0.2, -0.15) is 0 Å². The van der Waals surface area contributed by atoms with E-state index in [0.717, 1.165) is 44.3 Å². The SMILES string of the molecule is O=C1CCN(C2CC(OC3CCN(C(=O)OCc4ccccc4)CC3)C2)CC1. The van der Waals surface area contributed by atoms with Gasteiger partial charge in [-0.05, 0) is 31.2 Å². The summed E-state index contributed by atoms with van der Waals surface area (Å²) in [4.78, 5) is 27.8. The van der Waals surface area contributed by atoms with Gasteiger partial charge in [0.05, 0.1) is 12.2 Å². The van der Waals surface area contributed by atoms with Crippen LogP contribution in [0.15, 0.2) is 30.3 Å². The zero-order valence-electron chi connectivity index (χ0n) is 16.4. The van der Waals surface area contributed by atoms with E-state index in [4.69, 9.17) is 9.47 Å². The maximum atomic E-state index is 12.2. The predicted molar refractivity (Wildman–Crippen MR) is 105 cm³/mol. The fourth-order valence-electron chi connectivity index (χ4n) is 4.34. The van der Waals surface area contributed by atoms with Crippen molar-refractivity contribution in [3.05, 3.63) is 35.9 Å². The molecule has 0 spiro atoms. The molecular formula is C22H30N2O4. The van der Waals surface area contributed by atoms with Crippen LogP contribution in [0.25, 0.3) is 0 Å². The van der Waals surface area contributed by atoms with Gasteiger partial charge in [-0.25, -0.2) is 4.79 Å². The fourth-order valence-corrected chi connectivity index (χ4v) is 4.34. The van der Waals surface area contributed by atoms with Crippen molar-refractivity contribution in [3.8, 4) is 0 Å². The smallest absolute Gasteiger partial charge is 0.410 e. The number of amides is 1. The molecule has 3 fully saturated rings. The number of hydrogen-bond acceptors (Lipinski definition) is 5. The monoisotopic (exact) mass is 386 g/mol. The molecule has 2 saturated heterocycles. The van der Waals surface area contributed by atoms with E-state index in [1.807, 2.05) is 30.3 Å². The van der Waals surface area contributed by atoms with Gasteiger partial charge in [-0.15, -0.1) is 0 Å². The number of hydrogen-bond donors (Lipinski definition) is 0. The third-order valence-electron chi connectivity index (χ3n) is 6.23. The summed E-state index contributed by atoms with van der Waals surface area (Å²) in [6.45, 7) is 3.55. The quantitative estimate of drug-likeness (QED) is 0.779. The van der Waals surface area contributed by atoms with Gasteiger partial charge in [0.2, 0.25) is 0 Å². The Labute approximate surface area is 166 Å². The van der Waals surface area contributed by atoms with Crippen LogP contribution in [-0.4, -0.2) is 66.1 Å². The second-order valence-corrected chi connectivity index (χ2v) is 8.18. The maximum absolute atomic E-state index is 12.2. The molecule has 4 rings (SSSR count). The van der Waals surface area contributed by atoms with Crippen molar-refractivity contribution in [1.82, 2.24) is 9.80 Å². The molecule has 3 aliphatic rings. The number of likely N-dealkylation sites (tertiary alicyclic amines) is 2. The Morgan fingerprint density at radius 1 is 0.964 bits per heavy atom. The highest BCUT2D eigenvalue weighted by molar-refractivity contribution is 5.79. The minimum atomic E-state index is -0.231. The van der Waals surface area contributed by atoms with E-state index in [0.29, 0.717) is 50.5 Å². The number of carbonyl (C=O) groups is 2. The topological polar surface area (TPSA) is 59.1 Å². The molecule has 28 heavy (non-hydrogen) atoms. The fraction of sp³-hybridized carbons (Fsp3) is 0.636. The van der Waals surface area contributed by atoms with Crippen LogP contribution >= 0.6 is 0 Å². The van der Waals surface area contributed by atoms with Crippen LogP contribution in [0, 0.1) is 0 Å². The number of rotatable bonds is 5. The molecule has 0 bridgehead atoms. The lowest BCUT2D eigenvalue weighted by atomic mass is 9.86. The molecule has 0 N–H and O–H groups in total. The van der Waals surface area contributed by atoms with Crippen molar-refractivity contribution in [2.75, 3.05) is 26.2 Å². The molecule has 0 radical (unpaired) electrons.